The maximum atomic E-state index is 12.7. The van der Waals surface area contributed by atoms with Gasteiger partial charge in [0.15, 0.2) is 5.82 Å². The molecule has 0 aliphatic carbocycles. The van der Waals surface area contributed by atoms with Crippen molar-refractivity contribution in [3.8, 4) is 11.4 Å². The molecule has 0 saturated heterocycles. The van der Waals surface area contributed by atoms with Crippen LogP contribution in [0.25, 0.3) is 11.4 Å². The molecule has 0 aliphatic heterocycles. The highest BCUT2D eigenvalue weighted by Crippen LogP contribution is 2.21. The molecule has 3 rings (SSSR count). The number of nitrogens with one attached hydrogen (secondary N) is 2. The number of nitrogens with zero attached hydrogens (tertiary/aromatic N) is 3. The monoisotopic (exact) mass is 335 g/mol. The van der Waals surface area contributed by atoms with E-state index in [1.165, 1.54) is 0 Å². The lowest BCUT2D eigenvalue weighted by Gasteiger charge is -2.18. The smallest absolute Gasteiger partial charge is 0.228 e. The lowest BCUT2D eigenvalue weighted by molar-refractivity contribution is -0.123. The molecule has 0 saturated carbocycles. The van der Waals surface area contributed by atoms with Crippen molar-refractivity contribution in [2.24, 2.45) is 0 Å². The zero-order chi connectivity index (χ0) is 17.6. The fraction of sp³-hybridized carbons (Fsp3) is 0.263. The Morgan fingerprint density at radius 1 is 1.20 bits per heavy atom. The first-order valence-corrected chi connectivity index (χ1v) is 8.37. The molecule has 25 heavy (non-hydrogen) atoms. The van der Waals surface area contributed by atoms with Crippen molar-refractivity contribution in [3.05, 3.63) is 66.2 Å². The van der Waals surface area contributed by atoms with Gasteiger partial charge in [0.1, 0.15) is 5.82 Å². The standard InChI is InChI=1S/C19H21N5O/c1-3-16(14-8-5-4-6-9-14)19(25)21-13(2)17-22-18(24-23-17)15-10-7-11-20-12-15/h4-13,16H,3H2,1-2H3,(H,21,25)(H,22,23,24)/t13-,16-/m0/s1. The van der Waals surface area contributed by atoms with Crippen molar-refractivity contribution < 1.29 is 4.79 Å². The Morgan fingerprint density at radius 3 is 2.68 bits per heavy atom. The zero-order valence-corrected chi connectivity index (χ0v) is 14.3. The van der Waals surface area contributed by atoms with Gasteiger partial charge in [0.25, 0.3) is 0 Å². The van der Waals surface area contributed by atoms with Crippen LogP contribution in [0.15, 0.2) is 54.9 Å². The van der Waals surface area contributed by atoms with Gasteiger partial charge in [0, 0.05) is 18.0 Å². The third-order valence-corrected chi connectivity index (χ3v) is 4.12. The normalized spacial score (nSPS) is 13.2. The van der Waals surface area contributed by atoms with Crippen LogP contribution in [0.1, 0.15) is 43.6 Å². The van der Waals surface area contributed by atoms with Gasteiger partial charge in [-0.25, -0.2) is 4.98 Å². The topological polar surface area (TPSA) is 83.6 Å². The van der Waals surface area contributed by atoms with Crippen molar-refractivity contribution in [1.29, 1.82) is 0 Å². The molecule has 1 amide bonds. The summed E-state index contributed by atoms with van der Waals surface area (Å²) in [4.78, 5) is 21.2. The first kappa shape index (κ1) is 16.8. The highest BCUT2D eigenvalue weighted by molar-refractivity contribution is 5.83. The average molecular weight is 335 g/mol. The lowest BCUT2D eigenvalue weighted by atomic mass is 9.95. The number of pyridine rings is 1. The van der Waals surface area contributed by atoms with Crippen LogP contribution >= 0.6 is 0 Å². The summed E-state index contributed by atoms with van der Waals surface area (Å²) in [5.41, 5.74) is 1.85. The number of hydrogen-bond donors (Lipinski definition) is 2. The Kier molecular flexibility index (Phi) is 5.18. The van der Waals surface area contributed by atoms with Gasteiger partial charge in [-0.3, -0.25) is 14.9 Å². The van der Waals surface area contributed by atoms with E-state index in [0.29, 0.717) is 11.6 Å². The van der Waals surface area contributed by atoms with Gasteiger partial charge in [-0.05, 0) is 31.0 Å². The van der Waals surface area contributed by atoms with Gasteiger partial charge < -0.3 is 5.32 Å². The van der Waals surface area contributed by atoms with Gasteiger partial charge in [-0.2, -0.15) is 5.10 Å². The Labute approximate surface area is 146 Å². The number of aromatic amines is 1. The van der Waals surface area contributed by atoms with Crippen LogP contribution in [0.3, 0.4) is 0 Å². The summed E-state index contributed by atoms with van der Waals surface area (Å²) >= 11 is 0. The highest BCUT2D eigenvalue weighted by atomic mass is 16.1. The summed E-state index contributed by atoms with van der Waals surface area (Å²) < 4.78 is 0. The molecule has 2 N–H and O–H groups in total. The van der Waals surface area contributed by atoms with E-state index in [1.54, 1.807) is 12.4 Å². The maximum Gasteiger partial charge on any atom is 0.228 e. The number of benzene rings is 1. The molecule has 0 bridgehead atoms. The van der Waals surface area contributed by atoms with E-state index >= 15 is 0 Å². The molecule has 0 aliphatic rings. The number of rotatable bonds is 6. The summed E-state index contributed by atoms with van der Waals surface area (Å²) in [7, 11) is 0. The minimum Gasteiger partial charge on any atom is -0.346 e. The Bertz CT molecular complexity index is 816. The SMILES string of the molecule is CC[C@H](C(=O)N[C@@H](C)c1nc(-c2cccnc2)n[nH]1)c1ccccc1. The fourth-order valence-electron chi connectivity index (χ4n) is 2.73. The number of amides is 1. The molecule has 128 valence electrons. The molecular weight excluding hydrogens is 314 g/mol. The van der Waals surface area contributed by atoms with E-state index < -0.39 is 0 Å². The van der Waals surface area contributed by atoms with Crippen LogP contribution in [0.4, 0.5) is 0 Å². The molecular formula is C19H21N5O. The van der Waals surface area contributed by atoms with Crippen LogP contribution in [0.5, 0.6) is 0 Å². The fourth-order valence-corrected chi connectivity index (χ4v) is 2.73. The van der Waals surface area contributed by atoms with Gasteiger partial charge in [-0.15, -0.1) is 0 Å². The molecule has 2 aromatic heterocycles. The third kappa shape index (κ3) is 3.91. The predicted octanol–water partition coefficient (Wildman–Crippen LogP) is 3.24. The Balaban J connectivity index is 1.70. The molecule has 0 radical (unpaired) electrons. The van der Waals surface area contributed by atoms with E-state index in [0.717, 1.165) is 17.5 Å². The molecule has 1 aromatic carbocycles. The minimum atomic E-state index is -0.261. The molecule has 3 aromatic rings. The summed E-state index contributed by atoms with van der Waals surface area (Å²) in [5.74, 6) is 0.999. The number of hydrogen-bond acceptors (Lipinski definition) is 4. The number of carbonyl (C=O) groups excluding carboxylic acids is 1. The molecule has 6 nitrogen and oxygen atoms in total. The van der Waals surface area contributed by atoms with E-state index in [1.807, 2.05) is 56.3 Å². The van der Waals surface area contributed by atoms with Gasteiger partial charge in [0.2, 0.25) is 5.91 Å². The second kappa shape index (κ2) is 7.70. The largest absolute Gasteiger partial charge is 0.346 e. The number of H-pyrrole nitrogens is 1. The molecule has 0 fully saturated rings. The van der Waals surface area contributed by atoms with E-state index in [2.05, 4.69) is 25.5 Å². The summed E-state index contributed by atoms with van der Waals surface area (Å²) in [6.07, 6.45) is 4.15. The summed E-state index contributed by atoms with van der Waals surface area (Å²) in [6, 6.07) is 13.3. The molecule has 0 spiro atoms. The van der Waals surface area contributed by atoms with Crippen LogP contribution in [-0.4, -0.2) is 26.1 Å². The molecule has 2 atom stereocenters. The van der Waals surface area contributed by atoms with E-state index in [4.69, 9.17) is 0 Å². The highest BCUT2D eigenvalue weighted by Gasteiger charge is 2.22. The van der Waals surface area contributed by atoms with Crippen LogP contribution < -0.4 is 5.32 Å². The van der Waals surface area contributed by atoms with Crippen molar-refractivity contribution in [3.63, 3.8) is 0 Å². The maximum absolute atomic E-state index is 12.7. The lowest BCUT2D eigenvalue weighted by Crippen LogP contribution is -2.32. The second-order valence-electron chi connectivity index (χ2n) is 5.89. The van der Waals surface area contributed by atoms with Crippen LogP contribution in [-0.2, 0) is 4.79 Å². The quantitative estimate of drug-likeness (QED) is 0.724. The first-order valence-electron chi connectivity index (χ1n) is 8.37. The van der Waals surface area contributed by atoms with Crippen LogP contribution in [0.2, 0.25) is 0 Å². The predicted molar refractivity (Wildman–Crippen MR) is 95.6 cm³/mol. The number of aromatic nitrogens is 4. The average Bonchev–Trinajstić information content (AvgIpc) is 3.14. The first-order chi connectivity index (χ1) is 12.2. The summed E-state index contributed by atoms with van der Waals surface area (Å²) in [5, 5.41) is 10.1. The van der Waals surface area contributed by atoms with Gasteiger partial charge >= 0.3 is 0 Å². The van der Waals surface area contributed by atoms with Crippen molar-refractivity contribution >= 4 is 5.91 Å². The molecule has 0 unspecified atom stereocenters. The number of carbonyl (C=O) groups is 1. The van der Waals surface area contributed by atoms with Gasteiger partial charge in [0.05, 0.1) is 12.0 Å². The summed E-state index contributed by atoms with van der Waals surface area (Å²) in [6.45, 7) is 3.90. The van der Waals surface area contributed by atoms with Crippen LogP contribution in [0, 0.1) is 0 Å². The third-order valence-electron chi connectivity index (χ3n) is 4.12. The Morgan fingerprint density at radius 2 is 2.00 bits per heavy atom. The second-order valence-corrected chi connectivity index (χ2v) is 5.89. The Hall–Kier alpha value is -3.02. The van der Waals surface area contributed by atoms with Crippen molar-refractivity contribution in [2.75, 3.05) is 0 Å². The van der Waals surface area contributed by atoms with E-state index in [9.17, 15) is 4.79 Å². The minimum absolute atomic E-state index is 0.0134. The molecule has 6 heteroatoms. The van der Waals surface area contributed by atoms with Crippen molar-refractivity contribution in [2.45, 2.75) is 32.2 Å². The van der Waals surface area contributed by atoms with E-state index in [-0.39, 0.29) is 17.9 Å². The molecule has 2 heterocycles. The van der Waals surface area contributed by atoms with Crippen molar-refractivity contribution in [1.82, 2.24) is 25.5 Å². The van der Waals surface area contributed by atoms with Gasteiger partial charge in [-0.1, -0.05) is 37.3 Å². The zero-order valence-electron chi connectivity index (χ0n) is 14.3.